The summed E-state index contributed by atoms with van der Waals surface area (Å²) in [5.74, 6) is 0. The summed E-state index contributed by atoms with van der Waals surface area (Å²) in [5, 5.41) is 0. The van der Waals surface area contributed by atoms with Crippen LogP contribution < -0.4 is 24.8 Å². The van der Waals surface area contributed by atoms with Crippen LogP contribution in [0.25, 0.3) is 5.73 Å². The Kier molecular flexibility index (Phi) is 14.8. The SMILES string of the molecule is CCC(C)([NH-])C(C)(C)C.[Cl-].[Cl-].[Ti+3]. The van der Waals surface area contributed by atoms with Gasteiger partial charge in [0.15, 0.2) is 0 Å². The van der Waals surface area contributed by atoms with E-state index >= 15 is 0 Å². The van der Waals surface area contributed by atoms with Crippen LogP contribution in [-0.2, 0) is 21.7 Å². The number of halogens is 2. The van der Waals surface area contributed by atoms with Gasteiger partial charge in [-0.15, -0.1) is 5.54 Å². The largest absolute Gasteiger partial charge is 3.00 e. The van der Waals surface area contributed by atoms with E-state index in [0.717, 1.165) is 6.42 Å². The average Bonchev–Trinajstić information content (AvgIpc) is 1.64. The molecule has 1 atom stereocenters. The van der Waals surface area contributed by atoms with Gasteiger partial charge in [-0.05, 0) is 0 Å². The molecule has 1 N–H and O–H groups in total. The van der Waals surface area contributed by atoms with Gasteiger partial charge in [0.05, 0.1) is 0 Å². The van der Waals surface area contributed by atoms with E-state index in [1.54, 1.807) is 0 Å². The van der Waals surface area contributed by atoms with E-state index in [2.05, 4.69) is 27.7 Å². The molecule has 0 aliphatic heterocycles. The second-order valence-corrected chi connectivity index (χ2v) is 3.94. The van der Waals surface area contributed by atoms with Crippen LogP contribution in [0.3, 0.4) is 0 Å². The molecule has 1 nitrogen and oxygen atoms in total. The maximum Gasteiger partial charge on any atom is 3.00 e. The summed E-state index contributed by atoms with van der Waals surface area (Å²) in [5.41, 5.74) is 7.67. The molecule has 12 heavy (non-hydrogen) atoms. The molecule has 0 heterocycles. The summed E-state index contributed by atoms with van der Waals surface area (Å²) in [6.07, 6.45) is 0.927. The van der Waals surface area contributed by atoms with Crippen molar-refractivity contribution in [2.24, 2.45) is 5.41 Å². The number of hydrogen-bond donors (Lipinski definition) is 0. The van der Waals surface area contributed by atoms with Crippen molar-refractivity contribution in [3.05, 3.63) is 5.73 Å². The van der Waals surface area contributed by atoms with E-state index in [0.29, 0.717) is 0 Å². The fourth-order valence-corrected chi connectivity index (χ4v) is 0.530. The molecule has 0 rings (SSSR count). The molecule has 0 bridgehead atoms. The molecular weight excluding hydrogens is 229 g/mol. The minimum atomic E-state index is -0.271. The predicted molar refractivity (Wildman–Crippen MR) is 42.5 cm³/mol. The normalized spacial score (nSPS) is 14.5. The van der Waals surface area contributed by atoms with Gasteiger partial charge in [0, 0.05) is 0 Å². The van der Waals surface area contributed by atoms with Crippen molar-refractivity contribution >= 4 is 0 Å². The van der Waals surface area contributed by atoms with Crippen molar-refractivity contribution in [3.63, 3.8) is 0 Å². The monoisotopic (exact) mass is 246 g/mol. The Bertz CT molecular complexity index is 99.7. The van der Waals surface area contributed by atoms with E-state index in [9.17, 15) is 0 Å². The zero-order valence-corrected chi connectivity index (χ0v) is 11.5. The summed E-state index contributed by atoms with van der Waals surface area (Å²) in [6.45, 7) is 10.4. The molecule has 0 aromatic carbocycles. The molecule has 0 aromatic heterocycles. The van der Waals surface area contributed by atoms with Gasteiger partial charge in [-0.25, -0.2) is 0 Å². The van der Waals surface area contributed by atoms with Crippen molar-refractivity contribution in [1.82, 2.24) is 0 Å². The van der Waals surface area contributed by atoms with E-state index in [-0.39, 0.29) is 57.5 Å². The Morgan fingerprint density at radius 3 is 1.25 bits per heavy atom. The van der Waals surface area contributed by atoms with Gasteiger partial charge in [0.25, 0.3) is 0 Å². The number of nitrogens with one attached hydrogen (secondary N) is 1. The third-order valence-corrected chi connectivity index (χ3v) is 2.36. The van der Waals surface area contributed by atoms with Crippen molar-refractivity contribution < 1.29 is 46.5 Å². The zero-order chi connectivity index (χ0) is 7.71. The summed E-state index contributed by atoms with van der Waals surface area (Å²) < 4.78 is 0. The zero-order valence-electron chi connectivity index (χ0n) is 8.46. The standard InChI is InChI=1S/C8H18N.2ClH.Ti/c1-6-8(5,9)7(2,3)4;;;/h9H,6H2,1-5H3;2*1H;/q-1;;;+3/p-2. The van der Waals surface area contributed by atoms with E-state index in [4.69, 9.17) is 5.73 Å². The van der Waals surface area contributed by atoms with Gasteiger partial charge in [-0.1, -0.05) is 46.5 Å². The second-order valence-electron chi connectivity index (χ2n) is 3.94. The maximum atomic E-state index is 7.83. The Morgan fingerprint density at radius 2 is 1.25 bits per heavy atom. The third-order valence-electron chi connectivity index (χ3n) is 2.36. The van der Waals surface area contributed by atoms with Crippen LogP contribution in [0.2, 0.25) is 0 Å². The molecule has 0 aliphatic carbocycles. The second kappa shape index (κ2) is 7.64. The first kappa shape index (κ1) is 23.2. The van der Waals surface area contributed by atoms with Crippen LogP contribution in [0.1, 0.15) is 41.0 Å². The molecule has 1 radical (unpaired) electrons. The van der Waals surface area contributed by atoms with Crippen molar-refractivity contribution in [1.29, 1.82) is 0 Å². The number of hydrogen-bond acceptors (Lipinski definition) is 0. The van der Waals surface area contributed by atoms with Crippen LogP contribution in [0, 0.1) is 5.41 Å². The Labute approximate surface area is 104 Å². The summed E-state index contributed by atoms with van der Waals surface area (Å²) in [6, 6.07) is 0. The van der Waals surface area contributed by atoms with Gasteiger partial charge in [-0.3, -0.25) is 0 Å². The van der Waals surface area contributed by atoms with Crippen LogP contribution >= 0.6 is 0 Å². The van der Waals surface area contributed by atoms with Crippen molar-refractivity contribution in [2.45, 2.75) is 46.6 Å². The van der Waals surface area contributed by atoms with Crippen LogP contribution in [0.4, 0.5) is 0 Å². The maximum absolute atomic E-state index is 7.83. The molecule has 4 heteroatoms. The van der Waals surface area contributed by atoms with Gasteiger partial charge in [-0.2, -0.15) is 0 Å². The molecular formula is C8H18Cl2NTi. The Morgan fingerprint density at radius 1 is 1.00 bits per heavy atom. The van der Waals surface area contributed by atoms with E-state index in [1.165, 1.54) is 0 Å². The minimum Gasteiger partial charge on any atom is -1.00 e. The average molecular weight is 247 g/mol. The van der Waals surface area contributed by atoms with Gasteiger partial charge >= 0.3 is 21.7 Å². The van der Waals surface area contributed by atoms with Crippen molar-refractivity contribution in [2.75, 3.05) is 0 Å². The fraction of sp³-hybridized carbons (Fsp3) is 1.00. The molecule has 0 aromatic rings. The van der Waals surface area contributed by atoms with Gasteiger partial charge in [0.2, 0.25) is 0 Å². The molecule has 0 spiro atoms. The summed E-state index contributed by atoms with van der Waals surface area (Å²) >= 11 is 0. The quantitative estimate of drug-likeness (QED) is 0.449. The van der Waals surface area contributed by atoms with Gasteiger partial charge in [0.1, 0.15) is 0 Å². The summed E-state index contributed by atoms with van der Waals surface area (Å²) in [4.78, 5) is 0. The van der Waals surface area contributed by atoms with Crippen LogP contribution in [-0.4, -0.2) is 5.54 Å². The molecule has 0 saturated carbocycles. The topological polar surface area (TPSA) is 23.8 Å². The first-order chi connectivity index (χ1) is 3.81. The van der Waals surface area contributed by atoms with E-state index in [1.807, 2.05) is 6.92 Å². The summed E-state index contributed by atoms with van der Waals surface area (Å²) in [7, 11) is 0. The Balaban J connectivity index is -0.000000107. The van der Waals surface area contributed by atoms with Crippen LogP contribution in [0.5, 0.6) is 0 Å². The molecule has 0 saturated heterocycles. The first-order valence-corrected chi connectivity index (χ1v) is 3.56. The van der Waals surface area contributed by atoms with E-state index < -0.39 is 0 Å². The molecule has 73 valence electrons. The number of rotatable bonds is 1. The molecule has 1 unspecified atom stereocenters. The first-order valence-electron chi connectivity index (χ1n) is 3.56. The molecule has 0 amide bonds. The fourth-order valence-electron chi connectivity index (χ4n) is 0.530. The van der Waals surface area contributed by atoms with Crippen LogP contribution in [0.15, 0.2) is 0 Å². The third kappa shape index (κ3) is 6.74. The molecule has 0 aliphatic rings. The van der Waals surface area contributed by atoms with Crippen molar-refractivity contribution in [3.8, 4) is 0 Å². The predicted octanol–water partition coefficient (Wildman–Crippen LogP) is -2.74. The Hall–Kier alpha value is 1.25. The minimum absolute atomic E-state index is 0. The van der Waals surface area contributed by atoms with Gasteiger partial charge < -0.3 is 30.5 Å². The smallest absolute Gasteiger partial charge is 1.00 e. The molecule has 0 fully saturated rings.